The van der Waals surface area contributed by atoms with E-state index in [1.54, 1.807) is 12.1 Å². The molecular formula is C24H31NO4. The zero-order valence-corrected chi connectivity index (χ0v) is 17.9. The molecule has 3 rings (SSSR count). The van der Waals surface area contributed by atoms with E-state index in [2.05, 4.69) is 31.3 Å². The summed E-state index contributed by atoms with van der Waals surface area (Å²) < 4.78 is 11.3. The van der Waals surface area contributed by atoms with Crippen molar-refractivity contribution in [1.29, 1.82) is 0 Å². The molecule has 0 atom stereocenters. The van der Waals surface area contributed by atoms with Crippen LogP contribution in [-0.4, -0.2) is 28.9 Å². The van der Waals surface area contributed by atoms with Crippen molar-refractivity contribution in [3.8, 4) is 11.5 Å². The van der Waals surface area contributed by atoms with Gasteiger partial charge in [0, 0.05) is 24.3 Å². The summed E-state index contributed by atoms with van der Waals surface area (Å²) in [7, 11) is 0. The third-order valence-electron chi connectivity index (χ3n) is 5.28. The van der Waals surface area contributed by atoms with Crippen molar-refractivity contribution in [2.45, 2.75) is 70.6 Å². The molecule has 0 spiro atoms. The lowest BCUT2D eigenvalue weighted by Crippen LogP contribution is -2.50. The molecule has 1 aliphatic carbocycles. The van der Waals surface area contributed by atoms with Crippen LogP contribution in [0.5, 0.6) is 11.5 Å². The standard InChI is InChI=1S/C24H31NO4/c1-23(2,3)29-22(27)25-18-14-21(15-18)28-20-12-8-17(9-13-20)24(4,5)16-6-10-19(26)11-7-16/h6-13,18,21,26H,14-15H2,1-5H3,(H,25,27). The predicted octanol–water partition coefficient (Wildman–Crippen LogP) is 5.15. The van der Waals surface area contributed by atoms with Gasteiger partial charge in [0.2, 0.25) is 0 Å². The lowest BCUT2D eigenvalue weighted by atomic mass is 9.78. The topological polar surface area (TPSA) is 67.8 Å². The molecule has 5 heteroatoms. The van der Waals surface area contributed by atoms with Crippen LogP contribution in [0.4, 0.5) is 4.79 Å². The monoisotopic (exact) mass is 397 g/mol. The van der Waals surface area contributed by atoms with Crippen molar-refractivity contribution in [3.05, 3.63) is 59.7 Å². The highest BCUT2D eigenvalue weighted by Crippen LogP contribution is 2.34. The third-order valence-corrected chi connectivity index (χ3v) is 5.28. The fourth-order valence-corrected chi connectivity index (χ4v) is 3.44. The Labute approximate surface area is 173 Å². The van der Waals surface area contributed by atoms with Crippen molar-refractivity contribution < 1.29 is 19.4 Å². The highest BCUT2D eigenvalue weighted by Gasteiger charge is 2.33. The van der Waals surface area contributed by atoms with Gasteiger partial charge in [0.1, 0.15) is 23.2 Å². The van der Waals surface area contributed by atoms with Crippen LogP contribution in [0.1, 0.15) is 58.6 Å². The Kier molecular flexibility index (Phi) is 5.78. The van der Waals surface area contributed by atoms with E-state index in [0.717, 1.165) is 24.2 Å². The molecule has 0 aromatic heterocycles. The SMILES string of the molecule is CC(C)(C)OC(=O)NC1CC(Oc2ccc(C(C)(C)c3ccc(O)cc3)cc2)C1. The van der Waals surface area contributed by atoms with Crippen molar-refractivity contribution in [3.63, 3.8) is 0 Å². The van der Waals surface area contributed by atoms with Crippen LogP contribution in [0.25, 0.3) is 0 Å². The Morgan fingerprint density at radius 1 is 0.931 bits per heavy atom. The summed E-state index contributed by atoms with van der Waals surface area (Å²) in [5.41, 5.74) is 1.65. The number of rotatable bonds is 5. The first-order valence-corrected chi connectivity index (χ1v) is 10.1. The largest absolute Gasteiger partial charge is 0.508 e. The highest BCUT2D eigenvalue weighted by molar-refractivity contribution is 5.68. The Balaban J connectivity index is 1.52. The number of ether oxygens (including phenoxy) is 2. The van der Waals surface area contributed by atoms with E-state index >= 15 is 0 Å². The van der Waals surface area contributed by atoms with Crippen LogP contribution in [0.3, 0.4) is 0 Å². The molecule has 2 aromatic rings. The van der Waals surface area contributed by atoms with E-state index in [-0.39, 0.29) is 29.4 Å². The first kappa shape index (κ1) is 21.0. The number of phenolic OH excluding ortho intramolecular Hbond substituents is 1. The average Bonchev–Trinajstić information content (AvgIpc) is 2.59. The number of amides is 1. The fraction of sp³-hybridized carbons (Fsp3) is 0.458. The quantitative estimate of drug-likeness (QED) is 0.732. The second-order valence-electron chi connectivity index (χ2n) is 9.25. The van der Waals surface area contributed by atoms with E-state index in [0.29, 0.717) is 0 Å². The Bertz CT molecular complexity index is 829. The number of carbonyl (C=O) groups excluding carboxylic acids is 1. The van der Waals surface area contributed by atoms with Gasteiger partial charge in [-0.25, -0.2) is 4.79 Å². The molecule has 0 bridgehead atoms. The van der Waals surface area contributed by atoms with Crippen molar-refractivity contribution in [1.82, 2.24) is 5.32 Å². The summed E-state index contributed by atoms with van der Waals surface area (Å²) in [5.74, 6) is 1.10. The fourth-order valence-electron chi connectivity index (χ4n) is 3.44. The van der Waals surface area contributed by atoms with Gasteiger partial charge in [-0.15, -0.1) is 0 Å². The van der Waals surface area contributed by atoms with Crippen LogP contribution in [-0.2, 0) is 10.2 Å². The van der Waals surface area contributed by atoms with Crippen LogP contribution >= 0.6 is 0 Å². The van der Waals surface area contributed by atoms with Crippen LogP contribution in [0.15, 0.2) is 48.5 Å². The zero-order valence-electron chi connectivity index (χ0n) is 17.9. The number of aromatic hydroxyl groups is 1. The second-order valence-corrected chi connectivity index (χ2v) is 9.25. The lowest BCUT2D eigenvalue weighted by molar-refractivity contribution is 0.0363. The van der Waals surface area contributed by atoms with Gasteiger partial charge >= 0.3 is 6.09 Å². The van der Waals surface area contributed by atoms with Gasteiger partial charge in [-0.05, 0) is 56.2 Å². The molecule has 0 radical (unpaired) electrons. The Hall–Kier alpha value is -2.69. The number of carbonyl (C=O) groups is 1. The van der Waals surface area contributed by atoms with Crippen molar-refractivity contribution >= 4 is 6.09 Å². The number of hydrogen-bond acceptors (Lipinski definition) is 4. The van der Waals surface area contributed by atoms with Crippen molar-refractivity contribution in [2.75, 3.05) is 0 Å². The first-order valence-electron chi connectivity index (χ1n) is 10.1. The van der Waals surface area contributed by atoms with Gasteiger partial charge in [-0.1, -0.05) is 38.1 Å². The third kappa shape index (κ3) is 5.43. The summed E-state index contributed by atoms with van der Waals surface area (Å²) in [4.78, 5) is 11.8. The molecule has 156 valence electrons. The van der Waals surface area contributed by atoms with E-state index in [1.165, 1.54) is 5.56 Å². The number of alkyl carbamates (subject to hydrolysis) is 1. The van der Waals surface area contributed by atoms with Crippen LogP contribution in [0, 0.1) is 0 Å². The normalized spacial score (nSPS) is 19.2. The molecule has 29 heavy (non-hydrogen) atoms. The lowest BCUT2D eigenvalue weighted by Gasteiger charge is -2.36. The van der Waals surface area contributed by atoms with Crippen LogP contribution < -0.4 is 10.1 Å². The van der Waals surface area contributed by atoms with Gasteiger partial charge in [-0.3, -0.25) is 0 Å². The minimum absolute atomic E-state index is 0.0996. The maximum Gasteiger partial charge on any atom is 0.407 e. The zero-order chi connectivity index (χ0) is 21.2. The highest BCUT2D eigenvalue weighted by atomic mass is 16.6. The molecule has 1 amide bonds. The molecular weight excluding hydrogens is 366 g/mol. The van der Waals surface area contributed by atoms with Crippen LogP contribution in [0.2, 0.25) is 0 Å². The van der Waals surface area contributed by atoms with Crippen molar-refractivity contribution in [2.24, 2.45) is 0 Å². The Morgan fingerprint density at radius 2 is 1.45 bits per heavy atom. The van der Waals surface area contributed by atoms with E-state index < -0.39 is 5.60 Å². The smallest absolute Gasteiger partial charge is 0.407 e. The molecule has 0 unspecified atom stereocenters. The van der Waals surface area contributed by atoms with Gasteiger partial charge in [-0.2, -0.15) is 0 Å². The summed E-state index contributed by atoms with van der Waals surface area (Å²) in [6, 6.07) is 15.6. The molecule has 0 saturated heterocycles. The molecule has 0 aliphatic heterocycles. The number of hydrogen-bond donors (Lipinski definition) is 2. The van der Waals surface area contributed by atoms with E-state index in [4.69, 9.17) is 9.47 Å². The summed E-state index contributed by atoms with van der Waals surface area (Å²) in [6.07, 6.45) is 1.28. The molecule has 1 aliphatic rings. The average molecular weight is 398 g/mol. The second kappa shape index (κ2) is 7.97. The van der Waals surface area contributed by atoms with Gasteiger partial charge in [0.15, 0.2) is 0 Å². The molecule has 0 heterocycles. The predicted molar refractivity (Wildman–Crippen MR) is 113 cm³/mol. The molecule has 1 saturated carbocycles. The van der Waals surface area contributed by atoms with Gasteiger partial charge in [0.25, 0.3) is 0 Å². The summed E-state index contributed by atoms with van der Waals surface area (Å²) in [6.45, 7) is 9.88. The van der Waals surface area contributed by atoms with E-state index in [1.807, 2.05) is 45.0 Å². The molecule has 2 aromatic carbocycles. The first-order chi connectivity index (χ1) is 13.5. The maximum atomic E-state index is 11.8. The van der Waals surface area contributed by atoms with Gasteiger partial charge in [0.05, 0.1) is 0 Å². The van der Waals surface area contributed by atoms with E-state index in [9.17, 15) is 9.90 Å². The summed E-state index contributed by atoms with van der Waals surface area (Å²) in [5, 5.41) is 12.4. The molecule has 2 N–H and O–H groups in total. The minimum atomic E-state index is -0.487. The molecule has 5 nitrogen and oxygen atoms in total. The van der Waals surface area contributed by atoms with Gasteiger partial charge < -0.3 is 19.9 Å². The Morgan fingerprint density at radius 3 is 1.97 bits per heavy atom. The number of phenols is 1. The molecule has 1 fully saturated rings. The summed E-state index contributed by atoms with van der Waals surface area (Å²) >= 11 is 0. The number of benzene rings is 2. The number of nitrogens with one attached hydrogen (secondary N) is 1. The minimum Gasteiger partial charge on any atom is -0.508 e. The maximum absolute atomic E-state index is 11.8.